The second kappa shape index (κ2) is 9.92. The minimum atomic E-state index is -0.347. The normalized spacial score (nSPS) is 17.5. The molecular weight excluding hydrogens is 399 g/mol. The first-order valence-corrected chi connectivity index (χ1v) is 10.8. The number of carbonyl (C=O) groups excluding carboxylic acids is 2. The highest BCUT2D eigenvalue weighted by atomic mass is 19.1. The molecule has 0 aliphatic carbocycles. The second-order valence-corrected chi connectivity index (χ2v) is 7.95. The monoisotopic (exact) mass is 426 g/mol. The van der Waals surface area contributed by atoms with Crippen LogP contribution >= 0.6 is 0 Å². The molecule has 0 spiro atoms. The van der Waals surface area contributed by atoms with Gasteiger partial charge in [-0.25, -0.2) is 4.39 Å². The van der Waals surface area contributed by atoms with Gasteiger partial charge in [-0.2, -0.15) is 0 Å². The largest absolute Gasteiger partial charge is 0.492 e. The molecule has 2 aromatic rings. The summed E-state index contributed by atoms with van der Waals surface area (Å²) in [5.74, 6) is 0.465. The van der Waals surface area contributed by atoms with Gasteiger partial charge < -0.3 is 19.3 Å². The van der Waals surface area contributed by atoms with Gasteiger partial charge in [0.1, 0.15) is 11.6 Å². The minimum Gasteiger partial charge on any atom is -0.492 e. The van der Waals surface area contributed by atoms with E-state index in [1.54, 1.807) is 15.9 Å². The van der Waals surface area contributed by atoms with Crippen molar-refractivity contribution in [3.8, 4) is 5.75 Å². The Balaban J connectivity index is 1.30. The molecule has 0 N–H and O–H groups in total. The lowest BCUT2D eigenvalue weighted by atomic mass is 9.97. The predicted octanol–water partition coefficient (Wildman–Crippen LogP) is 3.23. The van der Waals surface area contributed by atoms with E-state index in [-0.39, 0.29) is 17.6 Å². The third-order valence-electron chi connectivity index (χ3n) is 5.88. The van der Waals surface area contributed by atoms with Crippen LogP contribution in [-0.4, -0.2) is 67.6 Å². The third-order valence-corrected chi connectivity index (χ3v) is 5.88. The van der Waals surface area contributed by atoms with Crippen LogP contribution in [0.1, 0.15) is 33.6 Å². The summed E-state index contributed by atoms with van der Waals surface area (Å²) in [4.78, 5) is 29.1. The van der Waals surface area contributed by atoms with E-state index in [9.17, 15) is 14.0 Å². The maximum Gasteiger partial charge on any atom is 0.257 e. The number of ether oxygens (including phenoxy) is 2. The number of hydrogen-bond acceptors (Lipinski definition) is 4. The number of para-hydroxylation sites is 1. The molecule has 2 aliphatic heterocycles. The molecule has 164 valence electrons. The maximum absolute atomic E-state index is 13.1. The Bertz CT molecular complexity index is 904. The van der Waals surface area contributed by atoms with Gasteiger partial charge in [0.25, 0.3) is 11.8 Å². The molecule has 0 unspecified atom stereocenters. The number of piperidine rings is 1. The van der Waals surface area contributed by atoms with Crippen molar-refractivity contribution in [3.63, 3.8) is 0 Å². The van der Waals surface area contributed by atoms with Gasteiger partial charge in [-0.05, 0) is 55.2 Å². The summed E-state index contributed by atoms with van der Waals surface area (Å²) in [6, 6.07) is 13.0. The maximum atomic E-state index is 13.1. The first kappa shape index (κ1) is 21.3. The number of rotatable bonds is 5. The molecule has 2 aromatic carbocycles. The van der Waals surface area contributed by atoms with Gasteiger partial charge in [-0.1, -0.05) is 12.1 Å². The molecule has 0 atom stereocenters. The van der Waals surface area contributed by atoms with E-state index in [4.69, 9.17) is 9.47 Å². The smallest absolute Gasteiger partial charge is 0.257 e. The van der Waals surface area contributed by atoms with Crippen molar-refractivity contribution in [2.45, 2.75) is 12.8 Å². The SMILES string of the molecule is O=C(c1ccc(F)cc1)N1CCC(COc2ccccc2C(=O)N2CCOCC2)CC1. The Labute approximate surface area is 181 Å². The van der Waals surface area contributed by atoms with Crippen LogP contribution in [0.3, 0.4) is 0 Å². The Morgan fingerprint density at radius 1 is 0.903 bits per heavy atom. The molecule has 2 amide bonds. The molecule has 0 bridgehead atoms. The van der Waals surface area contributed by atoms with Crippen molar-refractivity contribution >= 4 is 11.8 Å². The Morgan fingerprint density at radius 3 is 2.26 bits per heavy atom. The van der Waals surface area contributed by atoms with Crippen LogP contribution in [0.4, 0.5) is 4.39 Å². The van der Waals surface area contributed by atoms with E-state index in [1.807, 2.05) is 18.2 Å². The summed E-state index contributed by atoms with van der Waals surface area (Å²) in [6.45, 7) is 4.08. The van der Waals surface area contributed by atoms with Crippen molar-refractivity contribution in [1.29, 1.82) is 0 Å². The highest BCUT2D eigenvalue weighted by Crippen LogP contribution is 2.24. The van der Waals surface area contributed by atoms with Crippen molar-refractivity contribution in [2.75, 3.05) is 46.0 Å². The van der Waals surface area contributed by atoms with Crippen LogP contribution in [0.2, 0.25) is 0 Å². The van der Waals surface area contributed by atoms with E-state index in [2.05, 4.69) is 0 Å². The first-order chi connectivity index (χ1) is 15.1. The van der Waals surface area contributed by atoms with Crippen molar-refractivity contribution in [3.05, 3.63) is 65.5 Å². The highest BCUT2D eigenvalue weighted by Gasteiger charge is 2.25. The number of nitrogens with zero attached hydrogens (tertiary/aromatic N) is 2. The van der Waals surface area contributed by atoms with Crippen molar-refractivity contribution in [2.24, 2.45) is 5.92 Å². The molecule has 2 saturated heterocycles. The quantitative estimate of drug-likeness (QED) is 0.737. The van der Waals surface area contributed by atoms with Crippen molar-refractivity contribution in [1.82, 2.24) is 9.80 Å². The zero-order valence-corrected chi connectivity index (χ0v) is 17.5. The van der Waals surface area contributed by atoms with Crippen LogP contribution in [0.15, 0.2) is 48.5 Å². The van der Waals surface area contributed by atoms with Gasteiger partial charge >= 0.3 is 0 Å². The van der Waals surface area contributed by atoms with Gasteiger partial charge in [0.15, 0.2) is 0 Å². The number of hydrogen-bond donors (Lipinski definition) is 0. The van der Waals surface area contributed by atoms with Crippen LogP contribution in [0, 0.1) is 11.7 Å². The Morgan fingerprint density at radius 2 is 1.55 bits per heavy atom. The zero-order chi connectivity index (χ0) is 21.6. The molecule has 4 rings (SSSR count). The fourth-order valence-electron chi connectivity index (χ4n) is 3.99. The second-order valence-electron chi connectivity index (χ2n) is 7.95. The number of carbonyl (C=O) groups is 2. The lowest BCUT2D eigenvalue weighted by Crippen LogP contribution is -2.41. The lowest BCUT2D eigenvalue weighted by Gasteiger charge is -2.32. The number of likely N-dealkylation sites (tertiary alicyclic amines) is 1. The van der Waals surface area contributed by atoms with Gasteiger partial charge in [-0.15, -0.1) is 0 Å². The summed E-state index contributed by atoms with van der Waals surface area (Å²) in [7, 11) is 0. The average molecular weight is 426 g/mol. The molecule has 0 radical (unpaired) electrons. The minimum absolute atomic E-state index is 0.0291. The van der Waals surface area contributed by atoms with E-state index in [0.29, 0.717) is 68.8 Å². The van der Waals surface area contributed by atoms with Crippen LogP contribution in [0.25, 0.3) is 0 Å². The van der Waals surface area contributed by atoms with E-state index in [1.165, 1.54) is 24.3 Å². The summed E-state index contributed by atoms with van der Waals surface area (Å²) in [5, 5.41) is 0. The molecule has 2 aliphatic rings. The van der Waals surface area contributed by atoms with Gasteiger partial charge in [0, 0.05) is 31.7 Å². The summed E-state index contributed by atoms with van der Waals surface area (Å²) in [6.07, 6.45) is 1.65. The fraction of sp³-hybridized carbons (Fsp3) is 0.417. The highest BCUT2D eigenvalue weighted by molar-refractivity contribution is 5.97. The Hall–Kier alpha value is -2.93. The number of benzene rings is 2. The molecule has 0 saturated carbocycles. The number of amides is 2. The van der Waals surface area contributed by atoms with E-state index >= 15 is 0 Å². The van der Waals surface area contributed by atoms with E-state index < -0.39 is 0 Å². The fourth-order valence-corrected chi connectivity index (χ4v) is 3.99. The third kappa shape index (κ3) is 5.22. The molecular formula is C24H27FN2O4. The molecule has 2 fully saturated rings. The number of morpholine rings is 1. The van der Waals surface area contributed by atoms with Crippen LogP contribution in [0.5, 0.6) is 5.75 Å². The van der Waals surface area contributed by atoms with Crippen LogP contribution in [-0.2, 0) is 4.74 Å². The molecule has 0 aromatic heterocycles. The lowest BCUT2D eigenvalue weighted by molar-refractivity contribution is 0.0299. The first-order valence-electron chi connectivity index (χ1n) is 10.8. The topological polar surface area (TPSA) is 59.1 Å². The van der Waals surface area contributed by atoms with Crippen LogP contribution < -0.4 is 4.74 Å². The molecule has 6 nitrogen and oxygen atoms in total. The Kier molecular flexibility index (Phi) is 6.82. The van der Waals surface area contributed by atoms with Gasteiger partial charge in [0.2, 0.25) is 0 Å². The summed E-state index contributed by atoms with van der Waals surface area (Å²) >= 11 is 0. The van der Waals surface area contributed by atoms with Gasteiger partial charge in [0.05, 0.1) is 25.4 Å². The predicted molar refractivity (Wildman–Crippen MR) is 114 cm³/mol. The molecule has 31 heavy (non-hydrogen) atoms. The van der Waals surface area contributed by atoms with Crippen molar-refractivity contribution < 1.29 is 23.5 Å². The molecule has 7 heteroatoms. The van der Waals surface area contributed by atoms with Gasteiger partial charge in [-0.3, -0.25) is 9.59 Å². The average Bonchev–Trinajstić information content (AvgIpc) is 2.83. The summed E-state index contributed by atoms with van der Waals surface area (Å²) < 4.78 is 24.5. The zero-order valence-electron chi connectivity index (χ0n) is 17.5. The molecule has 2 heterocycles. The summed E-state index contributed by atoms with van der Waals surface area (Å²) in [5.41, 5.74) is 1.08. The number of halogens is 1. The standard InChI is InChI=1S/C24H27FN2O4/c25-20-7-5-19(6-8-20)23(28)26-11-9-18(10-12-26)17-31-22-4-2-1-3-21(22)24(29)27-13-15-30-16-14-27/h1-8,18H,9-17H2. The van der Waals surface area contributed by atoms with E-state index in [0.717, 1.165) is 12.8 Å².